The van der Waals surface area contributed by atoms with Crippen molar-refractivity contribution in [2.75, 3.05) is 29.9 Å². The molecular formula is C14H19N3O2. The van der Waals surface area contributed by atoms with E-state index >= 15 is 0 Å². The van der Waals surface area contributed by atoms with E-state index in [1.165, 1.54) is 0 Å². The topological polar surface area (TPSA) is 61.4 Å². The second kappa shape index (κ2) is 6.33. The molecule has 0 atom stereocenters. The van der Waals surface area contributed by atoms with Crippen molar-refractivity contribution in [3.05, 3.63) is 24.3 Å². The molecule has 1 aliphatic heterocycles. The van der Waals surface area contributed by atoms with E-state index in [0.29, 0.717) is 13.0 Å². The van der Waals surface area contributed by atoms with E-state index in [4.69, 9.17) is 0 Å². The predicted octanol–water partition coefficient (Wildman–Crippen LogP) is 1.36. The lowest BCUT2D eigenvalue weighted by Gasteiger charge is -2.16. The third-order valence-corrected chi connectivity index (χ3v) is 3.05. The van der Waals surface area contributed by atoms with Crippen molar-refractivity contribution in [2.45, 2.75) is 19.8 Å². The zero-order valence-electron chi connectivity index (χ0n) is 11.1. The molecule has 5 heteroatoms. The van der Waals surface area contributed by atoms with Gasteiger partial charge in [-0.1, -0.05) is 13.0 Å². The van der Waals surface area contributed by atoms with Crippen molar-refractivity contribution in [3.63, 3.8) is 0 Å². The van der Waals surface area contributed by atoms with E-state index in [9.17, 15) is 9.59 Å². The fraction of sp³-hybridized carbons (Fsp3) is 0.429. The van der Waals surface area contributed by atoms with Crippen LogP contribution in [0.1, 0.15) is 19.8 Å². The average molecular weight is 261 g/mol. The molecule has 0 unspecified atom stereocenters. The Bertz CT molecular complexity index is 474. The van der Waals surface area contributed by atoms with Gasteiger partial charge in [-0.05, 0) is 31.2 Å². The molecular weight excluding hydrogens is 242 g/mol. The minimum atomic E-state index is -0.0771. The van der Waals surface area contributed by atoms with Crippen LogP contribution in [0.5, 0.6) is 0 Å². The van der Waals surface area contributed by atoms with E-state index in [1.54, 1.807) is 4.90 Å². The number of amides is 2. The van der Waals surface area contributed by atoms with Gasteiger partial charge in [0.15, 0.2) is 0 Å². The molecule has 2 amide bonds. The second-order valence-electron chi connectivity index (χ2n) is 4.53. The SMILES string of the molecule is CCNCC(=O)Nc1cccc(N2CCCC2=O)c1. The fourth-order valence-electron chi connectivity index (χ4n) is 2.12. The molecule has 19 heavy (non-hydrogen) atoms. The van der Waals surface area contributed by atoms with Crippen LogP contribution in [0, 0.1) is 0 Å². The number of hydrogen-bond acceptors (Lipinski definition) is 3. The standard InChI is InChI=1S/C14H19N3O2/c1-2-15-10-13(18)16-11-5-3-6-12(9-11)17-8-4-7-14(17)19/h3,5-6,9,15H,2,4,7-8,10H2,1H3,(H,16,18). The number of nitrogens with zero attached hydrogens (tertiary/aromatic N) is 1. The molecule has 0 aliphatic carbocycles. The molecule has 2 N–H and O–H groups in total. The van der Waals surface area contributed by atoms with Gasteiger partial charge in [-0.2, -0.15) is 0 Å². The van der Waals surface area contributed by atoms with Crippen LogP contribution in [0.15, 0.2) is 24.3 Å². The van der Waals surface area contributed by atoms with Crippen molar-refractivity contribution in [3.8, 4) is 0 Å². The van der Waals surface area contributed by atoms with Crippen molar-refractivity contribution in [1.29, 1.82) is 0 Å². The van der Waals surface area contributed by atoms with Gasteiger partial charge in [0.2, 0.25) is 11.8 Å². The maximum atomic E-state index is 11.7. The van der Waals surface area contributed by atoms with Crippen LogP contribution < -0.4 is 15.5 Å². The zero-order valence-corrected chi connectivity index (χ0v) is 11.1. The summed E-state index contributed by atoms with van der Waals surface area (Å²) in [6, 6.07) is 7.41. The Kier molecular flexibility index (Phi) is 4.52. The summed E-state index contributed by atoms with van der Waals surface area (Å²) in [6.07, 6.45) is 1.51. The Hall–Kier alpha value is -1.88. The summed E-state index contributed by atoms with van der Waals surface area (Å²) in [7, 11) is 0. The van der Waals surface area contributed by atoms with Gasteiger partial charge < -0.3 is 15.5 Å². The molecule has 1 heterocycles. The quantitative estimate of drug-likeness (QED) is 0.841. The summed E-state index contributed by atoms with van der Waals surface area (Å²) >= 11 is 0. The summed E-state index contributed by atoms with van der Waals surface area (Å²) < 4.78 is 0. The normalized spacial score (nSPS) is 14.8. The molecule has 0 spiro atoms. The Labute approximate surface area is 113 Å². The lowest BCUT2D eigenvalue weighted by Crippen LogP contribution is -2.28. The second-order valence-corrected chi connectivity index (χ2v) is 4.53. The van der Waals surface area contributed by atoms with E-state index in [2.05, 4.69) is 10.6 Å². The van der Waals surface area contributed by atoms with Crippen molar-refractivity contribution in [2.24, 2.45) is 0 Å². The molecule has 1 aromatic carbocycles. The van der Waals surface area contributed by atoms with Gasteiger partial charge in [0.05, 0.1) is 6.54 Å². The van der Waals surface area contributed by atoms with Gasteiger partial charge in [0.1, 0.15) is 0 Å². The molecule has 0 bridgehead atoms. The number of nitrogens with one attached hydrogen (secondary N) is 2. The van der Waals surface area contributed by atoms with E-state index in [1.807, 2.05) is 31.2 Å². The monoisotopic (exact) mass is 261 g/mol. The number of carbonyl (C=O) groups is 2. The van der Waals surface area contributed by atoms with Crippen LogP contribution in [0.4, 0.5) is 11.4 Å². The predicted molar refractivity (Wildman–Crippen MR) is 75.2 cm³/mol. The molecule has 5 nitrogen and oxygen atoms in total. The molecule has 1 aromatic rings. The van der Waals surface area contributed by atoms with Gasteiger partial charge in [0.25, 0.3) is 0 Å². The Morgan fingerprint density at radius 2 is 2.26 bits per heavy atom. The van der Waals surface area contributed by atoms with Gasteiger partial charge >= 0.3 is 0 Å². The summed E-state index contributed by atoms with van der Waals surface area (Å²) in [5.41, 5.74) is 1.57. The highest BCUT2D eigenvalue weighted by atomic mass is 16.2. The first-order valence-electron chi connectivity index (χ1n) is 6.61. The highest BCUT2D eigenvalue weighted by molar-refractivity contribution is 5.97. The molecule has 0 saturated carbocycles. The van der Waals surface area contributed by atoms with Crippen LogP contribution in [0.2, 0.25) is 0 Å². The van der Waals surface area contributed by atoms with Crippen molar-refractivity contribution >= 4 is 23.2 Å². The fourth-order valence-corrected chi connectivity index (χ4v) is 2.12. The van der Waals surface area contributed by atoms with Gasteiger partial charge in [-0.25, -0.2) is 0 Å². The molecule has 1 aliphatic rings. The van der Waals surface area contributed by atoms with E-state index < -0.39 is 0 Å². The van der Waals surface area contributed by atoms with Crippen molar-refractivity contribution in [1.82, 2.24) is 5.32 Å². The smallest absolute Gasteiger partial charge is 0.238 e. The maximum absolute atomic E-state index is 11.7. The number of hydrogen-bond donors (Lipinski definition) is 2. The summed E-state index contributed by atoms with van der Waals surface area (Å²) in [5, 5.41) is 5.78. The van der Waals surface area contributed by atoms with Crippen LogP contribution >= 0.6 is 0 Å². The van der Waals surface area contributed by atoms with Crippen LogP contribution in [0.25, 0.3) is 0 Å². The number of anilines is 2. The third kappa shape index (κ3) is 3.54. The first-order chi connectivity index (χ1) is 9.20. The molecule has 1 saturated heterocycles. The average Bonchev–Trinajstić information content (AvgIpc) is 2.83. The summed E-state index contributed by atoms with van der Waals surface area (Å²) in [6.45, 7) is 3.76. The Morgan fingerprint density at radius 1 is 1.42 bits per heavy atom. The first-order valence-corrected chi connectivity index (χ1v) is 6.61. The van der Waals surface area contributed by atoms with Crippen molar-refractivity contribution < 1.29 is 9.59 Å². The maximum Gasteiger partial charge on any atom is 0.238 e. The number of carbonyl (C=O) groups excluding carboxylic acids is 2. The lowest BCUT2D eigenvalue weighted by atomic mass is 10.2. The van der Waals surface area contributed by atoms with Gasteiger partial charge in [-0.15, -0.1) is 0 Å². The Balaban J connectivity index is 2.02. The van der Waals surface area contributed by atoms with Crippen LogP contribution in [-0.4, -0.2) is 31.4 Å². The number of rotatable bonds is 5. The van der Waals surface area contributed by atoms with Crippen LogP contribution in [0.3, 0.4) is 0 Å². The first kappa shape index (κ1) is 13.5. The van der Waals surface area contributed by atoms with Crippen LogP contribution in [-0.2, 0) is 9.59 Å². The molecule has 0 radical (unpaired) electrons. The molecule has 102 valence electrons. The lowest BCUT2D eigenvalue weighted by molar-refractivity contribution is -0.117. The minimum Gasteiger partial charge on any atom is -0.325 e. The molecule has 2 rings (SSSR count). The molecule has 1 fully saturated rings. The largest absolute Gasteiger partial charge is 0.325 e. The number of benzene rings is 1. The molecule has 0 aromatic heterocycles. The number of likely N-dealkylation sites (N-methyl/N-ethyl adjacent to an activating group) is 1. The third-order valence-electron chi connectivity index (χ3n) is 3.05. The Morgan fingerprint density at radius 3 is 2.95 bits per heavy atom. The van der Waals surface area contributed by atoms with E-state index in [-0.39, 0.29) is 11.8 Å². The highest BCUT2D eigenvalue weighted by Crippen LogP contribution is 2.24. The zero-order chi connectivity index (χ0) is 13.7. The summed E-state index contributed by atoms with van der Waals surface area (Å²) in [5.74, 6) is 0.0721. The minimum absolute atomic E-state index is 0.0771. The van der Waals surface area contributed by atoms with Gasteiger partial charge in [0, 0.05) is 24.3 Å². The summed E-state index contributed by atoms with van der Waals surface area (Å²) in [4.78, 5) is 25.1. The van der Waals surface area contributed by atoms with E-state index in [0.717, 1.165) is 30.9 Å². The highest BCUT2D eigenvalue weighted by Gasteiger charge is 2.21. The van der Waals surface area contributed by atoms with Gasteiger partial charge in [-0.3, -0.25) is 9.59 Å².